The van der Waals surface area contributed by atoms with E-state index in [2.05, 4.69) is 20.5 Å². The van der Waals surface area contributed by atoms with E-state index in [4.69, 9.17) is 9.47 Å². The first-order chi connectivity index (χ1) is 14.8. The van der Waals surface area contributed by atoms with Gasteiger partial charge in [0.25, 0.3) is 5.91 Å². The Morgan fingerprint density at radius 1 is 1.26 bits per heavy atom. The number of esters is 1. The summed E-state index contributed by atoms with van der Waals surface area (Å²) in [6.45, 7) is 5.05. The zero-order chi connectivity index (χ0) is 23.0. The number of methoxy groups -OCH3 is 1. The van der Waals surface area contributed by atoms with E-state index in [0.717, 1.165) is 27.0 Å². The lowest BCUT2D eigenvalue weighted by Crippen LogP contribution is -2.31. The first-order valence-electron chi connectivity index (χ1n) is 9.69. The van der Waals surface area contributed by atoms with Crippen LogP contribution in [-0.4, -0.2) is 48.7 Å². The fraction of sp³-hybridized carbons (Fsp3) is 0.348. The fourth-order valence-electron chi connectivity index (χ4n) is 3.06. The number of likely N-dealkylation sites (N-methyl/N-ethyl adjacent to an activating group) is 1. The van der Waals surface area contributed by atoms with Crippen molar-refractivity contribution in [2.24, 2.45) is 0 Å². The minimum atomic E-state index is -0.824. The normalized spacial score (nSPS) is 11.2. The number of carbonyl (C=O) groups is 2. The van der Waals surface area contributed by atoms with E-state index in [0.29, 0.717) is 19.7 Å². The van der Waals surface area contributed by atoms with E-state index in [9.17, 15) is 14.9 Å². The largest absolute Gasteiger partial charge is 0.451 e. The van der Waals surface area contributed by atoms with Gasteiger partial charge in [-0.05, 0) is 49.2 Å². The van der Waals surface area contributed by atoms with Gasteiger partial charge in [-0.15, -0.1) is 0 Å². The lowest BCUT2D eigenvalue weighted by Gasteiger charge is -2.17. The van der Waals surface area contributed by atoms with Crippen molar-refractivity contribution >= 4 is 33.9 Å². The van der Waals surface area contributed by atoms with Crippen LogP contribution in [0.15, 0.2) is 40.4 Å². The summed E-state index contributed by atoms with van der Waals surface area (Å²) in [6.07, 6.45) is 1.49. The van der Waals surface area contributed by atoms with Crippen LogP contribution in [0.5, 0.6) is 0 Å². The summed E-state index contributed by atoms with van der Waals surface area (Å²) < 4.78 is 13.2. The first-order valence-corrected chi connectivity index (χ1v) is 10.5. The van der Waals surface area contributed by atoms with Gasteiger partial charge in [-0.1, -0.05) is 28.1 Å². The number of rotatable bonds is 9. The quantitative estimate of drug-likeness (QED) is 0.306. The Morgan fingerprint density at radius 3 is 2.55 bits per heavy atom. The summed E-state index contributed by atoms with van der Waals surface area (Å²) in [5.41, 5.74) is 3.46. The molecule has 2 aromatic rings. The Morgan fingerprint density at radius 2 is 1.94 bits per heavy atom. The number of nitriles is 1. The molecule has 8 heteroatoms. The molecule has 0 saturated carbocycles. The predicted molar refractivity (Wildman–Crippen MR) is 121 cm³/mol. The molecule has 0 unspecified atom stereocenters. The number of aromatic nitrogens is 1. The Balaban J connectivity index is 2.00. The van der Waals surface area contributed by atoms with Crippen LogP contribution < -0.4 is 0 Å². The van der Waals surface area contributed by atoms with E-state index < -0.39 is 12.6 Å². The van der Waals surface area contributed by atoms with E-state index in [1.165, 1.54) is 11.0 Å². The number of hydrogen-bond acceptors (Lipinski definition) is 5. The highest BCUT2D eigenvalue weighted by Crippen LogP contribution is 2.19. The van der Waals surface area contributed by atoms with Crippen LogP contribution >= 0.6 is 15.9 Å². The molecule has 0 fully saturated rings. The molecule has 0 aliphatic heterocycles. The maximum atomic E-state index is 12.4. The lowest BCUT2D eigenvalue weighted by atomic mass is 10.1. The van der Waals surface area contributed by atoms with Crippen LogP contribution in [0.2, 0.25) is 0 Å². The van der Waals surface area contributed by atoms with Crippen LogP contribution in [0.4, 0.5) is 0 Å². The van der Waals surface area contributed by atoms with E-state index in [-0.39, 0.29) is 11.5 Å². The summed E-state index contributed by atoms with van der Waals surface area (Å²) >= 11 is 3.37. The van der Waals surface area contributed by atoms with Crippen LogP contribution in [0.3, 0.4) is 0 Å². The third-order valence-electron chi connectivity index (χ3n) is 4.86. The Bertz CT molecular complexity index is 1000. The van der Waals surface area contributed by atoms with Gasteiger partial charge in [0, 0.05) is 43.1 Å². The minimum absolute atomic E-state index is 0.157. The topological polar surface area (TPSA) is 84.6 Å². The molecular formula is C23H26BrN3O4. The Labute approximate surface area is 191 Å². The molecule has 0 aliphatic carbocycles. The number of halogens is 1. The zero-order valence-corrected chi connectivity index (χ0v) is 19.7. The average Bonchev–Trinajstić information content (AvgIpc) is 3.02. The van der Waals surface area contributed by atoms with Gasteiger partial charge in [0.05, 0.1) is 6.61 Å². The molecule has 0 radical (unpaired) electrons. The monoisotopic (exact) mass is 487 g/mol. The van der Waals surface area contributed by atoms with Crippen molar-refractivity contribution in [3.63, 3.8) is 0 Å². The van der Waals surface area contributed by atoms with Crippen molar-refractivity contribution in [1.29, 1.82) is 5.26 Å². The smallest absolute Gasteiger partial charge is 0.349 e. The highest BCUT2D eigenvalue weighted by Gasteiger charge is 2.17. The molecule has 0 saturated heterocycles. The zero-order valence-electron chi connectivity index (χ0n) is 18.1. The SMILES string of the molecule is COCCn1c(C)cc(/C=C(\C#N)C(=O)OCC(=O)N(C)Cc2ccc(Br)cc2)c1C. The van der Waals surface area contributed by atoms with Gasteiger partial charge in [-0.25, -0.2) is 4.79 Å². The molecule has 0 bridgehead atoms. The number of amides is 1. The fourth-order valence-corrected chi connectivity index (χ4v) is 3.32. The second kappa shape index (κ2) is 11.5. The van der Waals surface area contributed by atoms with Gasteiger partial charge in [0.2, 0.25) is 0 Å². The van der Waals surface area contributed by atoms with Gasteiger partial charge < -0.3 is 18.9 Å². The number of carbonyl (C=O) groups excluding carboxylic acids is 2. The van der Waals surface area contributed by atoms with E-state index >= 15 is 0 Å². The molecule has 1 heterocycles. The van der Waals surface area contributed by atoms with Crippen LogP contribution in [0.25, 0.3) is 6.08 Å². The van der Waals surface area contributed by atoms with Crippen molar-refractivity contribution in [1.82, 2.24) is 9.47 Å². The highest BCUT2D eigenvalue weighted by atomic mass is 79.9. The lowest BCUT2D eigenvalue weighted by molar-refractivity contribution is -0.148. The summed E-state index contributed by atoms with van der Waals surface area (Å²) in [5.74, 6) is -1.18. The average molecular weight is 488 g/mol. The predicted octanol–water partition coefficient (Wildman–Crippen LogP) is 3.62. The van der Waals surface area contributed by atoms with Crippen molar-refractivity contribution in [2.75, 3.05) is 27.4 Å². The Kier molecular flexibility index (Phi) is 9.03. The highest BCUT2D eigenvalue weighted by molar-refractivity contribution is 9.10. The van der Waals surface area contributed by atoms with Crippen molar-refractivity contribution < 1.29 is 19.1 Å². The molecule has 2 rings (SSSR count). The van der Waals surface area contributed by atoms with Gasteiger partial charge in [0.1, 0.15) is 11.6 Å². The number of aryl methyl sites for hydroxylation is 1. The molecule has 0 atom stereocenters. The number of hydrogen-bond donors (Lipinski definition) is 0. The number of nitrogens with zero attached hydrogens (tertiary/aromatic N) is 3. The van der Waals surface area contributed by atoms with Gasteiger partial charge in [-0.3, -0.25) is 4.79 Å². The molecule has 7 nitrogen and oxygen atoms in total. The van der Waals surface area contributed by atoms with Crippen LogP contribution in [0.1, 0.15) is 22.5 Å². The molecule has 1 aromatic heterocycles. The minimum Gasteiger partial charge on any atom is -0.451 e. The molecular weight excluding hydrogens is 462 g/mol. The second-order valence-corrected chi connectivity index (χ2v) is 8.01. The molecule has 1 amide bonds. The van der Waals surface area contributed by atoms with Crippen molar-refractivity contribution in [3.05, 3.63) is 62.9 Å². The summed E-state index contributed by atoms with van der Waals surface area (Å²) in [6, 6.07) is 11.4. The number of benzene rings is 1. The summed E-state index contributed by atoms with van der Waals surface area (Å²) in [7, 11) is 3.27. The third kappa shape index (κ3) is 6.81. The third-order valence-corrected chi connectivity index (χ3v) is 5.39. The molecule has 1 aromatic carbocycles. The van der Waals surface area contributed by atoms with Gasteiger partial charge in [-0.2, -0.15) is 5.26 Å². The first kappa shape index (κ1) is 24.4. The summed E-state index contributed by atoms with van der Waals surface area (Å²) in [4.78, 5) is 26.1. The standard InChI is InChI=1S/C23H26BrN3O4/c1-16-11-19(17(2)27(16)9-10-30-4)12-20(13-25)23(29)31-15-22(28)26(3)14-18-5-7-21(24)8-6-18/h5-8,11-12H,9-10,14-15H2,1-4H3/b20-12+. The van der Waals surface area contributed by atoms with Crippen LogP contribution in [-0.2, 0) is 32.2 Å². The number of ether oxygens (including phenoxy) is 2. The van der Waals surface area contributed by atoms with Crippen molar-refractivity contribution in [2.45, 2.75) is 26.9 Å². The Hall–Kier alpha value is -2.89. The molecule has 31 heavy (non-hydrogen) atoms. The van der Waals surface area contributed by atoms with Gasteiger partial charge in [0.15, 0.2) is 6.61 Å². The second-order valence-electron chi connectivity index (χ2n) is 7.09. The molecule has 164 valence electrons. The summed E-state index contributed by atoms with van der Waals surface area (Å²) in [5, 5.41) is 9.41. The molecule has 0 spiro atoms. The van der Waals surface area contributed by atoms with Gasteiger partial charge >= 0.3 is 5.97 Å². The maximum absolute atomic E-state index is 12.4. The molecule has 0 aliphatic rings. The van der Waals surface area contributed by atoms with E-state index in [1.54, 1.807) is 14.2 Å². The molecule has 0 N–H and O–H groups in total. The van der Waals surface area contributed by atoms with Crippen LogP contribution in [0, 0.1) is 25.2 Å². The van der Waals surface area contributed by atoms with Crippen molar-refractivity contribution in [3.8, 4) is 6.07 Å². The van der Waals surface area contributed by atoms with E-state index in [1.807, 2.05) is 50.2 Å². The maximum Gasteiger partial charge on any atom is 0.349 e.